The number of alkyl carbamates (subject to hydrolysis) is 1. The molecule has 1 fully saturated rings. The van der Waals surface area contributed by atoms with E-state index in [0.717, 1.165) is 6.42 Å². The van der Waals surface area contributed by atoms with E-state index in [0.29, 0.717) is 38.3 Å². The summed E-state index contributed by atoms with van der Waals surface area (Å²) in [5.41, 5.74) is 4.75. The predicted molar refractivity (Wildman–Crippen MR) is 133 cm³/mol. The number of benzene rings is 2. The molecule has 1 aliphatic heterocycles. The third kappa shape index (κ3) is 5.50. The van der Waals surface area contributed by atoms with Crippen molar-refractivity contribution in [1.82, 2.24) is 10.2 Å². The summed E-state index contributed by atoms with van der Waals surface area (Å²) in [5.74, 6) is -0.411. The summed E-state index contributed by atoms with van der Waals surface area (Å²) in [7, 11) is 0. The van der Waals surface area contributed by atoms with Gasteiger partial charge in [-0.1, -0.05) is 62.4 Å². The highest BCUT2D eigenvalue weighted by Gasteiger charge is 2.37. The van der Waals surface area contributed by atoms with Gasteiger partial charge in [0.05, 0.1) is 0 Å². The Kier molecular flexibility index (Phi) is 7.73. The van der Waals surface area contributed by atoms with Crippen LogP contribution in [0.25, 0.3) is 11.1 Å². The minimum absolute atomic E-state index is 0.0266. The topological polar surface area (TPSA) is 95.9 Å². The molecule has 0 aromatic heterocycles. The van der Waals surface area contributed by atoms with Crippen molar-refractivity contribution < 1.29 is 24.2 Å². The summed E-state index contributed by atoms with van der Waals surface area (Å²) in [6.45, 7) is 5.47. The number of amides is 2. The lowest BCUT2D eigenvalue weighted by molar-refractivity contribution is -0.157. The van der Waals surface area contributed by atoms with Crippen molar-refractivity contribution >= 4 is 18.0 Å². The Morgan fingerprint density at radius 2 is 1.66 bits per heavy atom. The maximum absolute atomic E-state index is 12.4. The van der Waals surface area contributed by atoms with Crippen LogP contribution in [0.15, 0.2) is 48.5 Å². The molecule has 1 heterocycles. The van der Waals surface area contributed by atoms with E-state index in [9.17, 15) is 14.4 Å². The highest BCUT2D eigenvalue weighted by Crippen LogP contribution is 2.44. The first-order chi connectivity index (χ1) is 16.9. The van der Waals surface area contributed by atoms with Gasteiger partial charge in [0.15, 0.2) is 0 Å². The van der Waals surface area contributed by atoms with Crippen molar-refractivity contribution in [3.8, 4) is 11.1 Å². The van der Waals surface area contributed by atoms with Crippen LogP contribution in [0.4, 0.5) is 4.79 Å². The number of likely N-dealkylation sites (tertiary alicyclic amines) is 1. The van der Waals surface area contributed by atoms with Gasteiger partial charge in [0.25, 0.3) is 0 Å². The summed E-state index contributed by atoms with van der Waals surface area (Å²) in [5, 5.41) is 12.0. The van der Waals surface area contributed by atoms with Gasteiger partial charge >= 0.3 is 12.1 Å². The van der Waals surface area contributed by atoms with Gasteiger partial charge < -0.3 is 20.1 Å². The van der Waals surface area contributed by atoms with E-state index in [1.807, 2.05) is 24.3 Å². The van der Waals surface area contributed by atoms with E-state index in [2.05, 4.69) is 43.4 Å². The van der Waals surface area contributed by atoms with Crippen LogP contribution in [0.5, 0.6) is 0 Å². The van der Waals surface area contributed by atoms with Crippen molar-refractivity contribution in [3.05, 3.63) is 59.7 Å². The largest absolute Gasteiger partial charge is 0.480 e. The first kappa shape index (κ1) is 24.8. The maximum Gasteiger partial charge on any atom is 0.407 e. The number of nitrogens with zero attached hydrogens (tertiary/aromatic N) is 1. The molecule has 0 saturated carbocycles. The smallest absolute Gasteiger partial charge is 0.407 e. The van der Waals surface area contributed by atoms with Crippen molar-refractivity contribution in [2.45, 2.75) is 51.5 Å². The molecule has 2 aromatic carbocycles. The zero-order valence-corrected chi connectivity index (χ0v) is 20.4. The molecule has 1 saturated heterocycles. The Bertz CT molecular complexity index is 1040. The molecule has 186 valence electrons. The Balaban J connectivity index is 1.23. The Morgan fingerprint density at radius 1 is 1.03 bits per heavy atom. The van der Waals surface area contributed by atoms with Crippen molar-refractivity contribution in [2.24, 2.45) is 11.8 Å². The van der Waals surface area contributed by atoms with Crippen LogP contribution in [-0.4, -0.2) is 53.7 Å². The molecule has 0 bridgehead atoms. The third-order valence-electron chi connectivity index (χ3n) is 7.43. The number of fused-ring (bicyclic) bond motifs is 3. The van der Waals surface area contributed by atoms with Gasteiger partial charge in [-0.05, 0) is 53.4 Å². The molecular formula is C28H34N2O5. The lowest BCUT2D eigenvalue weighted by atomic mass is 9.87. The zero-order valence-electron chi connectivity index (χ0n) is 20.4. The van der Waals surface area contributed by atoms with E-state index < -0.39 is 18.1 Å². The number of rotatable bonds is 10. The normalized spacial score (nSPS) is 17.3. The van der Waals surface area contributed by atoms with E-state index in [-0.39, 0.29) is 24.3 Å². The number of carbonyl (C=O) groups is 3. The molecule has 2 amide bonds. The van der Waals surface area contributed by atoms with Gasteiger partial charge in [-0.25, -0.2) is 9.59 Å². The zero-order chi connectivity index (χ0) is 24.9. The molecule has 2 unspecified atom stereocenters. The van der Waals surface area contributed by atoms with E-state index >= 15 is 0 Å². The molecule has 7 heteroatoms. The standard InChI is InChI=1S/C28H34N2O5/c1-18(2)19(11-12-26(31)30-16-14-25(30)27(32)33)13-15-29-28(34)35-17-24-22-9-5-3-7-20(22)21-8-4-6-10-23(21)24/h3-10,18-19,24-25H,11-17H2,1-2H3,(H,29,34)(H,32,33). The lowest BCUT2D eigenvalue weighted by Gasteiger charge is -2.38. The van der Waals surface area contributed by atoms with Crippen LogP contribution in [0.2, 0.25) is 0 Å². The third-order valence-corrected chi connectivity index (χ3v) is 7.43. The second-order valence-electron chi connectivity index (χ2n) is 9.81. The molecular weight excluding hydrogens is 444 g/mol. The maximum atomic E-state index is 12.4. The van der Waals surface area contributed by atoms with E-state index in [1.54, 1.807) is 0 Å². The molecule has 2 aliphatic rings. The van der Waals surface area contributed by atoms with E-state index in [1.165, 1.54) is 27.2 Å². The van der Waals surface area contributed by atoms with Gasteiger partial charge in [-0.15, -0.1) is 0 Å². The Hall–Kier alpha value is -3.35. The average Bonchev–Trinajstić information content (AvgIpc) is 3.12. The van der Waals surface area contributed by atoms with Gasteiger partial charge in [0, 0.05) is 25.4 Å². The number of carbonyl (C=O) groups excluding carboxylic acids is 2. The van der Waals surface area contributed by atoms with Crippen LogP contribution in [0, 0.1) is 11.8 Å². The summed E-state index contributed by atoms with van der Waals surface area (Å²) in [6, 6.07) is 15.8. The SMILES string of the molecule is CC(C)C(CCNC(=O)OCC1c2ccccc2-c2ccccc21)CCC(=O)N1CCC1C(=O)O. The fourth-order valence-corrected chi connectivity index (χ4v) is 5.22. The fourth-order valence-electron chi connectivity index (χ4n) is 5.22. The summed E-state index contributed by atoms with van der Waals surface area (Å²) in [4.78, 5) is 37.4. The number of aliphatic carboxylic acids is 1. The molecule has 7 nitrogen and oxygen atoms in total. The minimum atomic E-state index is -0.933. The first-order valence-corrected chi connectivity index (χ1v) is 12.5. The van der Waals surface area contributed by atoms with Gasteiger partial charge in [0.2, 0.25) is 5.91 Å². The average molecular weight is 479 g/mol. The Morgan fingerprint density at radius 3 is 2.20 bits per heavy atom. The van der Waals surface area contributed by atoms with Crippen LogP contribution in [0.3, 0.4) is 0 Å². The number of carboxylic acid groups (broad SMARTS) is 1. The number of carboxylic acids is 1. The number of ether oxygens (including phenoxy) is 1. The summed E-state index contributed by atoms with van der Waals surface area (Å²) >= 11 is 0. The van der Waals surface area contributed by atoms with E-state index in [4.69, 9.17) is 9.84 Å². The van der Waals surface area contributed by atoms with Crippen molar-refractivity contribution in [2.75, 3.05) is 19.7 Å². The second kappa shape index (κ2) is 10.9. The second-order valence-corrected chi connectivity index (χ2v) is 9.81. The number of hydrogen-bond donors (Lipinski definition) is 2. The quantitative estimate of drug-likeness (QED) is 0.518. The first-order valence-electron chi connectivity index (χ1n) is 12.5. The van der Waals surface area contributed by atoms with Crippen LogP contribution in [-0.2, 0) is 14.3 Å². The number of hydrogen-bond acceptors (Lipinski definition) is 4. The molecule has 1 aliphatic carbocycles. The predicted octanol–water partition coefficient (Wildman–Crippen LogP) is 4.65. The minimum Gasteiger partial charge on any atom is -0.480 e. The van der Waals surface area contributed by atoms with Gasteiger partial charge in [-0.2, -0.15) is 0 Å². The molecule has 0 spiro atoms. The van der Waals surface area contributed by atoms with Gasteiger partial charge in [0.1, 0.15) is 12.6 Å². The van der Waals surface area contributed by atoms with Gasteiger partial charge in [-0.3, -0.25) is 4.79 Å². The molecule has 4 rings (SSSR count). The summed E-state index contributed by atoms with van der Waals surface area (Å²) in [6.07, 6.45) is 1.83. The highest BCUT2D eigenvalue weighted by molar-refractivity contribution is 5.85. The van der Waals surface area contributed by atoms with Crippen LogP contribution in [0.1, 0.15) is 56.6 Å². The molecule has 2 N–H and O–H groups in total. The molecule has 35 heavy (non-hydrogen) atoms. The van der Waals surface area contributed by atoms with Crippen LogP contribution >= 0.6 is 0 Å². The van der Waals surface area contributed by atoms with Crippen molar-refractivity contribution in [3.63, 3.8) is 0 Å². The van der Waals surface area contributed by atoms with Crippen LogP contribution < -0.4 is 5.32 Å². The Labute approximate surface area is 206 Å². The fraction of sp³-hybridized carbons (Fsp3) is 0.464. The molecule has 2 aromatic rings. The number of nitrogens with one attached hydrogen (secondary N) is 1. The highest BCUT2D eigenvalue weighted by atomic mass is 16.5. The monoisotopic (exact) mass is 478 g/mol. The molecule has 2 atom stereocenters. The van der Waals surface area contributed by atoms with Crippen molar-refractivity contribution in [1.29, 1.82) is 0 Å². The summed E-state index contributed by atoms with van der Waals surface area (Å²) < 4.78 is 5.60. The lowest BCUT2D eigenvalue weighted by Crippen LogP contribution is -2.55. The molecule has 0 radical (unpaired) electrons.